The van der Waals surface area contributed by atoms with Crippen LogP contribution in [0.1, 0.15) is 25.0 Å². The first-order valence-corrected chi connectivity index (χ1v) is 7.10. The van der Waals surface area contributed by atoms with Gasteiger partial charge in [0.2, 0.25) is 0 Å². The highest BCUT2D eigenvalue weighted by molar-refractivity contribution is 5.26. The molecular formula is C16H28N2O. The lowest BCUT2D eigenvalue weighted by Crippen LogP contribution is -2.31. The van der Waals surface area contributed by atoms with Crippen LogP contribution < -0.4 is 5.32 Å². The molecule has 0 heterocycles. The van der Waals surface area contributed by atoms with Gasteiger partial charge in [-0.2, -0.15) is 0 Å². The van der Waals surface area contributed by atoms with Gasteiger partial charge < -0.3 is 10.1 Å². The maximum atomic E-state index is 5.22. The molecular weight excluding hydrogens is 236 g/mol. The maximum absolute atomic E-state index is 5.22. The first kappa shape index (κ1) is 16.2. The zero-order valence-corrected chi connectivity index (χ0v) is 12.8. The summed E-state index contributed by atoms with van der Waals surface area (Å²) in [7, 11) is 3.76. The first-order valence-electron chi connectivity index (χ1n) is 7.10. The molecule has 0 bridgehead atoms. The molecule has 0 aliphatic carbocycles. The lowest BCUT2D eigenvalue weighted by Gasteiger charge is -2.25. The molecule has 1 rings (SSSR count). The molecule has 0 saturated carbocycles. The van der Waals surface area contributed by atoms with Crippen molar-refractivity contribution in [3.8, 4) is 0 Å². The zero-order valence-electron chi connectivity index (χ0n) is 12.8. The average Bonchev–Trinajstić information content (AvgIpc) is 2.38. The number of rotatable bonds is 9. The van der Waals surface area contributed by atoms with Gasteiger partial charge in [-0.3, -0.25) is 4.90 Å². The molecule has 0 saturated heterocycles. The molecule has 0 fully saturated rings. The van der Waals surface area contributed by atoms with Crippen LogP contribution in [0.2, 0.25) is 0 Å². The molecule has 1 aromatic rings. The Kier molecular flexibility index (Phi) is 7.72. The third kappa shape index (κ3) is 6.19. The number of hydrogen-bond acceptors (Lipinski definition) is 3. The van der Waals surface area contributed by atoms with Crippen molar-refractivity contribution in [3.63, 3.8) is 0 Å². The van der Waals surface area contributed by atoms with Gasteiger partial charge in [0.15, 0.2) is 0 Å². The fourth-order valence-electron chi connectivity index (χ4n) is 2.29. The van der Waals surface area contributed by atoms with Crippen LogP contribution in [-0.2, 0) is 17.8 Å². The van der Waals surface area contributed by atoms with E-state index < -0.39 is 0 Å². The summed E-state index contributed by atoms with van der Waals surface area (Å²) in [5, 5.41) is 3.24. The molecule has 19 heavy (non-hydrogen) atoms. The van der Waals surface area contributed by atoms with Crippen molar-refractivity contribution in [2.24, 2.45) is 5.92 Å². The van der Waals surface area contributed by atoms with E-state index in [4.69, 9.17) is 4.74 Å². The third-order valence-corrected chi connectivity index (χ3v) is 3.11. The van der Waals surface area contributed by atoms with Crippen LogP contribution in [0.25, 0.3) is 0 Å². The molecule has 0 spiro atoms. The second-order valence-corrected chi connectivity index (χ2v) is 5.42. The smallest absolute Gasteiger partial charge is 0.0589 e. The fourth-order valence-corrected chi connectivity index (χ4v) is 2.29. The van der Waals surface area contributed by atoms with Gasteiger partial charge >= 0.3 is 0 Å². The summed E-state index contributed by atoms with van der Waals surface area (Å²) in [6.07, 6.45) is 0. The predicted molar refractivity (Wildman–Crippen MR) is 81.2 cm³/mol. The summed E-state index contributed by atoms with van der Waals surface area (Å²) in [6.45, 7) is 9.34. The van der Waals surface area contributed by atoms with Crippen LogP contribution in [0.3, 0.4) is 0 Å². The zero-order chi connectivity index (χ0) is 14.1. The van der Waals surface area contributed by atoms with E-state index in [-0.39, 0.29) is 0 Å². The number of benzene rings is 1. The molecule has 1 N–H and O–H groups in total. The van der Waals surface area contributed by atoms with E-state index in [0.717, 1.165) is 32.8 Å². The van der Waals surface area contributed by atoms with Crippen molar-refractivity contribution >= 4 is 0 Å². The Morgan fingerprint density at radius 1 is 1.21 bits per heavy atom. The van der Waals surface area contributed by atoms with Gasteiger partial charge in [-0.25, -0.2) is 0 Å². The van der Waals surface area contributed by atoms with Crippen LogP contribution in [0.15, 0.2) is 24.3 Å². The molecule has 0 atom stereocenters. The van der Waals surface area contributed by atoms with Crippen LogP contribution >= 0.6 is 0 Å². The lowest BCUT2D eigenvalue weighted by atomic mass is 10.1. The van der Waals surface area contributed by atoms with Crippen molar-refractivity contribution in [2.45, 2.75) is 26.9 Å². The molecule has 0 radical (unpaired) electrons. The van der Waals surface area contributed by atoms with E-state index in [2.05, 4.69) is 48.3 Å². The van der Waals surface area contributed by atoms with Crippen LogP contribution in [0.5, 0.6) is 0 Å². The van der Waals surface area contributed by atoms with Gasteiger partial charge in [-0.15, -0.1) is 0 Å². The summed E-state index contributed by atoms with van der Waals surface area (Å²) in [6, 6.07) is 8.67. The minimum atomic E-state index is 0.674. The highest BCUT2D eigenvalue weighted by Crippen LogP contribution is 2.13. The maximum Gasteiger partial charge on any atom is 0.0589 e. The van der Waals surface area contributed by atoms with E-state index in [1.165, 1.54) is 11.1 Å². The summed E-state index contributed by atoms with van der Waals surface area (Å²) in [5.74, 6) is 0.674. The number of nitrogens with zero attached hydrogens (tertiary/aromatic N) is 1. The molecule has 1 aromatic carbocycles. The molecule has 0 unspecified atom stereocenters. The Morgan fingerprint density at radius 2 is 1.89 bits per heavy atom. The topological polar surface area (TPSA) is 24.5 Å². The number of hydrogen-bond donors (Lipinski definition) is 1. The Morgan fingerprint density at radius 3 is 2.47 bits per heavy atom. The Labute approximate surface area is 118 Å². The quantitative estimate of drug-likeness (QED) is 0.742. The molecule has 0 aliphatic rings. The SMILES string of the molecule is CNCc1ccccc1CN(CCOC)CC(C)C. The molecule has 0 amide bonds. The number of methoxy groups -OCH3 is 1. The Hall–Kier alpha value is -0.900. The molecule has 0 aromatic heterocycles. The molecule has 3 nitrogen and oxygen atoms in total. The Balaban J connectivity index is 2.70. The normalized spacial score (nSPS) is 11.5. The first-order chi connectivity index (χ1) is 9.17. The van der Waals surface area contributed by atoms with E-state index in [1.807, 2.05) is 7.05 Å². The lowest BCUT2D eigenvalue weighted by molar-refractivity contribution is 0.136. The van der Waals surface area contributed by atoms with E-state index in [9.17, 15) is 0 Å². The molecule has 3 heteroatoms. The number of nitrogens with one attached hydrogen (secondary N) is 1. The van der Waals surface area contributed by atoms with Crippen LogP contribution in [0, 0.1) is 5.92 Å². The minimum absolute atomic E-state index is 0.674. The van der Waals surface area contributed by atoms with E-state index in [0.29, 0.717) is 5.92 Å². The summed E-state index contributed by atoms with van der Waals surface area (Å²) >= 11 is 0. The van der Waals surface area contributed by atoms with Gasteiger partial charge in [-0.05, 0) is 24.1 Å². The average molecular weight is 264 g/mol. The van der Waals surface area contributed by atoms with E-state index >= 15 is 0 Å². The van der Waals surface area contributed by atoms with Gasteiger partial charge in [0, 0.05) is 33.3 Å². The van der Waals surface area contributed by atoms with Crippen molar-refractivity contribution < 1.29 is 4.74 Å². The standard InChI is InChI=1S/C16H28N2O/c1-14(2)12-18(9-10-19-4)13-16-8-6-5-7-15(16)11-17-3/h5-8,14,17H,9-13H2,1-4H3. The van der Waals surface area contributed by atoms with Crippen molar-refractivity contribution in [2.75, 3.05) is 33.9 Å². The van der Waals surface area contributed by atoms with Gasteiger partial charge in [-0.1, -0.05) is 38.1 Å². The monoisotopic (exact) mass is 264 g/mol. The van der Waals surface area contributed by atoms with Gasteiger partial charge in [0.05, 0.1) is 6.61 Å². The second kappa shape index (κ2) is 9.08. The highest BCUT2D eigenvalue weighted by atomic mass is 16.5. The largest absolute Gasteiger partial charge is 0.383 e. The van der Waals surface area contributed by atoms with E-state index in [1.54, 1.807) is 7.11 Å². The summed E-state index contributed by atoms with van der Waals surface area (Å²) in [4.78, 5) is 2.47. The van der Waals surface area contributed by atoms with Crippen LogP contribution in [-0.4, -0.2) is 38.8 Å². The van der Waals surface area contributed by atoms with Crippen molar-refractivity contribution in [3.05, 3.63) is 35.4 Å². The third-order valence-electron chi connectivity index (χ3n) is 3.11. The van der Waals surface area contributed by atoms with Gasteiger partial charge in [0.1, 0.15) is 0 Å². The van der Waals surface area contributed by atoms with Gasteiger partial charge in [0.25, 0.3) is 0 Å². The molecule has 108 valence electrons. The molecule has 0 aliphatic heterocycles. The minimum Gasteiger partial charge on any atom is -0.383 e. The number of ether oxygens (including phenoxy) is 1. The van der Waals surface area contributed by atoms with Crippen molar-refractivity contribution in [1.82, 2.24) is 10.2 Å². The Bertz CT molecular complexity index is 352. The summed E-state index contributed by atoms with van der Waals surface area (Å²) in [5.41, 5.74) is 2.80. The van der Waals surface area contributed by atoms with Crippen molar-refractivity contribution in [1.29, 1.82) is 0 Å². The summed E-state index contributed by atoms with van der Waals surface area (Å²) < 4.78 is 5.22. The fraction of sp³-hybridized carbons (Fsp3) is 0.625. The second-order valence-electron chi connectivity index (χ2n) is 5.42. The predicted octanol–water partition coefficient (Wildman–Crippen LogP) is 2.51. The highest BCUT2D eigenvalue weighted by Gasteiger charge is 2.10. The van der Waals surface area contributed by atoms with Crippen LogP contribution in [0.4, 0.5) is 0 Å².